The molecule has 0 heterocycles. The van der Waals surface area contributed by atoms with Crippen molar-refractivity contribution in [2.24, 2.45) is 11.7 Å². The van der Waals surface area contributed by atoms with Crippen LogP contribution in [0.5, 0.6) is 0 Å². The largest absolute Gasteiger partial charge is 0.464 e. The normalized spacial score (nSPS) is 16.4. The minimum atomic E-state index is -8.68. The first-order valence-corrected chi connectivity index (χ1v) is 9.11. The molecule has 3 nitrogen and oxygen atoms in total. The zero-order chi connectivity index (χ0) is 29.6. The summed E-state index contributed by atoms with van der Waals surface area (Å²) >= 11 is 0. The van der Waals surface area contributed by atoms with Crippen molar-refractivity contribution in [2.45, 2.75) is 80.4 Å². The zero-order valence-electron chi connectivity index (χ0n) is 17.6. The number of carbonyl (C=O) groups excluding carboxylic acids is 1. The van der Waals surface area contributed by atoms with E-state index in [4.69, 9.17) is 5.73 Å². The van der Waals surface area contributed by atoms with Gasteiger partial charge in [0, 0.05) is 0 Å². The molecule has 0 unspecified atom stereocenters. The molecule has 0 saturated heterocycles. The lowest BCUT2D eigenvalue weighted by Crippen LogP contribution is -2.74. The second kappa shape index (κ2) is 9.85. The van der Waals surface area contributed by atoms with Gasteiger partial charge < -0.3 is 10.5 Å². The highest BCUT2D eigenvalue weighted by molar-refractivity contribution is 5.75. The van der Waals surface area contributed by atoms with E-state index in [2.05, 4.69) is 4.74 Å². The molecule has 0 aliphatic carbocycles. The molecule has 0 aromatic carbocycles. The lowest BCUT2D eigenvalue weighted by atomic mass is 9.88. The van der Waals surface area contributed by atoms with Gasteiger partial charge in [-0.25, -0.2) is 0 Å². The first-order valence-electron chi connectivity index (χ1n) is 9.11. The molecule has 20 heteroatoms. The Morgan fingerprint density at radius 1 is 0.639 bits per heavy atom. The summed E-state index contributed by atoms with van der Waals surface area (Å²) in [6, 6.07) is -1.58. The molecule has 0 aliphatic heterocycles. The first kappa shape index (κ1) is 34.2. The average molecular weight is 577 g/mol. The molecule has 0 aromatic heterocycles. The topological polar surface area (TPSA) is 52.3 Å². The van der Waals surface area contributed by atoms with E-state index >= 15 is 0 Å². The van der Waals surface area contributed by atoms with Crippen molar-refractivity contribution in [1.29, 1.82) is 0 Å². The van der Waals surface area contributed by atoms with Gasteiger partial charge in [0.2, 0.25) is 0 Å². The van der Waals surface area contributed by atoms with Crippen LogP contribution in [0.3, 0.4) is 0 Å². The summed E-state index contributed by atoms with van der Waals surface area (Å²) in [5.74, 6) is -58.8. The second-order valence-electron chi connectivity index (χ2n) is 7.80. The van der Waals surface area contributed by atoms with Gasteiger partial charge in [0.1, 0.15) is 6.04 Å². The van der Waals surface area contributed by atoms with E-state index in [9.17, 15) is 79.4 Å². The summed E-state index contributed by atoms with van der Waals surface area (Å²) in [4.78, 5) is 11.4. The smallest absolute Gasteiger partial charge is 0.460 e. The summed E-state index contributed by atoms with van der Waals surface area (Å²) in [6.07, 6.45) is -10.9. The summed E-state index contributed by atoms with van der Waals surface area (Å²) in [6.45, 7) is 0.954. The molecular weight excluding hydrogens is 561 g/mol. The number of rotatable bonds is 12. The van der Waals surface area contributed by atoms with Crippen LogP contribution in [0, 0.1) is 5.92 Å². The monoisotopic (exact) mass is 577 g/mol. The van der Waals surface area contributed by atoms with Crippen molar-refractivity contribution < 1.29 is 84.2 Å². The highest BCUT2D eigenvalue weighted by atomic mass is 19.4. The van der Waals surface area contributed by atoms with E-state index < -0.39 is 72.7 Å². The Morgan fingerprint density at radius 2 is 0.972 bits per heavy atom. The van der Waals surface area contributed by atoms with Crippen LogP contribution >= 0.6 is 0 Å². The summed E-state index contributed by atoms with van der Waals surface area (Å²) in [7, 11) is 0. The van der Waals surface area contributed by atoms with Gasteiger partial charge in [-0.3, -0.25) is 4.79 Å². The van der Waals surface area contributed by atoms with E-state index in [1.165, 1.54) is 13.8 Å². The second-order valence-corrected chi connectivity index (χ2v) is 7.80. The Bertz CT molecular complexity index is 775. The van der Waals surface area contributed by atoms with Crippen molar-refractivity contribution in [1.82, 2.24) is 0 Å². The molecule has 0 aromatic rings. The number of ether oxygens (including phenoxy) is 1. The molecule has 1 atom stereocenters. The van der Waals surface area contributed by atoms with Crippen molar-refractivity contribution >= 4 is 5.97 Å². The number of esters is 1. The van der Waals surface area contributed by atoms with Gasteiger partial charge in [-0.1, -0.05) is 13.8 Å². The minimum absolute atomic E-state index is 0.193. The molecule has 216 valence electrons. The molecule has 2 N–H and O–H groups in total. The minimum Gasteiger partial charge on any atom is -0.464 e. The molecule has 0 fully saturated rings. The van der Waals surface area contributed by atoms with Crippen LogP contribution in [0.1, 0.15) is 26.7 Å². The van der Waals surface area contributed by atoms with Crippen molar-refractivity contribution in [3.05, 3.63) is 0 Å². The third kappa shape index (κ3) is 5.41. The van der Waals surface area contributed by atoms with Crippen LogP contribution in [-0.4, -0.2) is 66.3 Å². The Balaban J connectivity index is 6.14. The highest BCUT2D eigenvalue weighted by Gasteiger charge is 2.95. The lowest BCUT2D eigenvalue weighted by Gasteiger charge is -2.42. The molecule has 0 radical (unpaired) electrons. The Hall–Kier alpha value is -1.76. The molecule has 0 aliphatic rings. The van der Waals surface area contributed by atoms with Crippen LogP contribution in [0.2, 0.25) is 0 Å². The standard InChI is InChI=1S/C16H16F17NO2/c1-6(2)5-7(34)8(35)36-4-3-9(17,18)10(19,20)11(21,22)12(23,24)13(25,26)14(27,28)15(29,30)16(31,32)33/h6-7H,3-5,34H2,1-2H3/t7-/m0/s1. The molecule has 0 amide bonds. The van der Waals surface area contributed by atoms with E-state index in [1.807, 2.05) is 0 Å². The van der Waals surface area contributed by atoms with Crippen LogP contribution in [-0.2, 0) is 9.53 Å². The fourth-order valence-corrected chi connectivity index (χ4v) is 2.34. The lowest BCUT2D eigenvalue weighted by molar-refractivity contribution is -0.461. The van der Waals surface area contributed by atoms with E-state index in [0.717, 1.165) is 0 Å². The van der Waals surface area contributed by atoms with E-state index in [1.54, 1.807) is 0 Å². The number of hydrogen-bond acceptors (Lipinski definition) is 3. The molecule has 0 rings (SSSR count). The van der Waals surface area contributed by atoms with Gasteiger partial charge in [0.25, 0.3) is 0 Å². The molecule has 36 heavy (non-hydrogen) atoms. The SMILES string of the molecule is CC(C)C[C@H](N)C(=O)OCCC(F)(F)C(F)(F)C(F)(F)C(F)(F)C(F)(F)C(F)(F)C(F)(F)C(F)(F)F. The predicted molar refractivity (Wildman–Crippen MR) is 83.7 cm³/mol. The summed E-state index contributed by atoms with van der Waals surface area (Å²) in [5.41, 5.74) is 5.21. The van der Waals surface area contributed by atoms with Crippen LogP contribution in [0.4, 0.5) is 74.6 Å². The Morgan fingerprint density at radius 3 is 1.31 bits per heavy atom. The van der Waals surface area contributed by atoms with Gasteiger partial charge in [0.05, 0.1) is 13.0 Å². The number of alkyl halides is 17. The average Bonchev–Trinajstić information content (AvgIpc) is 2.65. The fourth-order valence-electron chi connectivity index (χ4n) is 2.34. The third-order valence-electron chi connectivity index (χ3n) is 4.48. The van der Waals surface area contributed by atoms with Crippen LogP contribution < -0.4 is 5.73 Å². The maximum absolute atomic E-state index is 13.7. The number of halogens is 17. The Kier molecular flexibility index (Phi) is 9.36. The molecule has 0 spiro atoms. The van der Waals surface area contributed by atoms with Crippen LogP contribution in [0.25, 0.3) is 0 Å². The number of nitrogens with two attached hydrogens (primary N) is 1. The van der Waals surface area contributed by atoms with E-state index in [-0.39, 0.29) is 12.3 Å². The van der Waals surface area contributed by atoms with Gasteiger partial charge in [-0.2, -0.15) is 74.6 Å². The van der Waals surface area contributed by atoms with Gasteiger partial charge in [-0.05, 0) is 12.3 Å². The maximum Gasteiger partial charge on any atom is 0.460 e. The van der Waals surface area contributed by atoms with Crippen molar-refractivity contribution in [2.75, 3.05) is 6.61 Å². The highest BCUT2D eigenvalue weighted by Crippen LogP contribution is 2.64. The number of carbonyl (C=O) groups is 1. The number of hydrogen-bond donors (Lipinski definition) is 1. The van der Waals surface area contributed by atoms with Gasteiger partial charge >= 0.3 is 53.6 Å². The van der Waals surface area contributed by atoms with Crippen molar-refractivity contribution in [3.63, 3.8) is 0 Å². The van der Waals surface area contributed by atoms with Gasteiger partial charge in [-0.15, -0.1) is 0 Å². The Labute approximate surface area is 190 Å². The first-order chi connectivity index (χ1) is 15.5. The molecular formula is C16H16F17NO2. The molecule has 0 bridgehead atoms. The fraction of sp³-hybridized carbons (Fsp3) is 0.938. The third-order valence-corrected chi connectivity index (χ3v) is 4.48. The summed E-state index contributed by atoms with van der Waals surface area (Å²) in [5, 5.41) is 0. The predicted octanol–water partition coefficient (Wildman–Crippen LogP) is 6.30. The molecule has 0 saturated carbocycles. The van der Waals surface area contributed by atoms with Crippen molar-refractivity contribution in [3.8, 4) is 0 Å². The van der Waals surface area contributed by atoms with E-state index in [0.29, 0.717) is 0 Å². The quantitative estimate of drug-likeness (QED) is 0.219. The van der Waals surface area contributed by atoms with Gasteiger partial charge in [0.15, 0.2) is 0 Å². The zero-order valence-corrected chi connectivity index (χ0v) is 17.6. The maximum atomic E-state index is 13.7. The summed E-state index contributed by atoms with van der Waals surface area (Å²) < 4.78 is 227. The van der Waals surface area contributed by atoms with Crippen LogP contribution in [0.15, 0.2) is 0 Å².